The first kappa shape index (κ1) is 25.8. The first-order valence-electron chi connectivity index (χ1n) is 8.79. The molecular weight excluding hydrogens is 421 g/mol. The van der Waals surface area contributed by atoms with Crippen LogP contribution in [0.3, 0.4) is 0 Å². The topological polar surface area (TPSA) is 55.4 Å². The third-order valence-corrected chi connectivity index (χ3v) is 22.6. The molecule has 0 aromatic carbocycles. The first-order valence-corrected chi connectivity index (χ1v) is 23.6. The van der Waals surface area contributed by atoms with Crippen LogP contribution in [0.15, 0.2) is 12.3 Å². The van der Waals surface area contributed by atoms with Crippen molar-refractivity contribution in [2.45, 2.75) is 65.8 Å². The minimum absolute atomic E-state index is 0.665. The summed E-state index contributed by atoms with van der Waals surface area (Å²) in [6.07, 6.45) is 0. The van der Waals surface area contributed by atoms with Crippen LogP contribution in [0.4, 0.5) is 0 Å². The lowest BCUT2D eigenvalue weighted by molar-refractivity contribution is 0.264. The van der Waals surface area contributed by atoms with Crippen molar-refractivity contribution in [1.29, 1.82) is 0 Å². The van der Waals surface area contributed by atoms with Gasteiger partial charge in [0.1, 0.15) is 0 Å². The molecule has 0 saturated heterocycles. The summed E-state index contributed by atoms with van der Waals surface area (Å²) in [6.45, 7) is 25.2. The molecule has 1 unspecified atom stereocenters. The van der Waals surface area contributed by atoms with Crippen LogP contribution in [0.1, 0.15) is 6.92 Å². The SMILES string of the molecule is C=C[Si](C)(O[SiH2]OCC)O[Si](C)(C)O[Si](C)(C)O[Si](C)(C)O[SiH](C)C. The van der Waals surface area contributed by atoms with Gasteiger partial charge in [-0.1, -0.05) is 5.70 Å². The maximum absolute atomic E-state index is 6.43. The molecule has 0 aliphatic carbocycles. The number of hydrogen-bond donors (Lipinski definition) is 0. The van der Waals surface area contributed by atoms with Gasteiger partial charge in [0.25, 0.3) is 10.0 Å². The Morgan fingerprint density at radius 3 is 1.80 bits per heavy atom. The van der Waals surface area contributed by atoms with E-state index < -0.39 is 53.3 Å². The molecule has 12 heteroatoms. The lowest BCUT2D eigenvalue weighted by Crippen LogP contribution is -2.58. The lowest BCUT2D eigenvalue weighted by Gasteiger charge is -2.40. The van der Waals surface area contributed by atoms with Crippen molar-refractivity contribution in [2.24, 2.45) is 0 Å². The number of rotatable bonds is 13. The second-order valence-electron chi connectivity index (χ2n) is 7.65. The van der Waals surface area contributed by atoms with Gasteiger partial charge in [0.05, 0.1) is 0 Å². The minimum Gasteiger partial charge on any atom is -0.440 e. The summed E-state index contributed by atoms with van der Waals surface area (Å²) in [4.78, 5) is 0. The van der Waals surface area contributed by atoms with Gasteiger partial charge in [-0.2, -0.15) is 0 Å². The van der Waals surface area contributed by atoms with Gasteiger partial charge in [0.15, 0.2) is 9.04 Å². The fourth-order valence-electron chi connectivity index (χ4n) is 2.68. The molecule has 0 rings (SSSR count). The molecule has 1 atom stereocenters. The lowest BCUT2D eigenvalue weighted by atomic mass is 10.9. The molecule has 0 spiro atoms. The maximum atomic E-state index is 6.43. The average molecular weight is 459 g/mol. The Labute approximate surface area is 163 Å². The van der Waals surface area contributed by atoms with Gasteiger partial charge in [-0.05, 0) is 65.8 Å². The minimum atomic E-state index is -2.49. The quantitative estimate of drug-likeness (QED) is 0.312. The molecule has 0 fully saturated rings. The van der Waals surface area contributed by atoms with Crippen LogP contribution in [-0.4, -0.2) is 59.9 Å². The second kappa shape index (κ2) is 10.4. The van der Waals surface area contributed by atoms with Crippen molar-refractivity contribution >= 4 is 53.3 Å². The summed E-state index contributed by atoms with van der Waals surface area (Å²) in [5, 5.41) is 0. The van der Waals surface area contributed by atoms with E-state index in [9.17, 15) is 0 Å². The molecule has 0 heterocycles. The number of hydrogen-bond acceptors (Lipinski definition) is 6. The molecule has 25 heavy (non-hydrogen) atoms. The Kier molecular flexibility index (Phi) is 10.7. The highest BCUT2D eigenvalue weighted by molar-refractivity contribution is 6.89. The summed E-state index contributed by atoms with van der Waals surface area (Å²) in [7, 11) is -11.7. The molecule has 150 valence electrons. The van der Waals surface area contributed by atoms with Gasteiger partial charge in [0, 0.05) is 6.61 Å². The van der Waals surface area contributed by atoms with E-state index in [-0.39, 0.29) is 0 Å². The monoisotopic (exact) mass is 458 g/mol. The Morgan fingerprint density at radius 2 is 1.36 bits per heavy atom. The van der Waals surface area contributed by atoms with E-state index in [1.54, 1.807) is 5.70 Å². The fraction of sp³-hybridized carbons (Fsp3) is 0.846. The smallest absolute Gasteiger partial charge is 0.343 e. The maximum Gasteiger partial charge on any atom is 0.343 e. The summed E-state index contributed by atoms with van der Waals surface area (Å²) in [5.41, 5.74) is 1.80. The molecule has 0 aliphatic rings. The zero-order chi connectivity index (χ0) is 19.9. The van der Waals surface area contributed by atoms with Gasteiger partial charge in [-0.25, -0.2) is 0 Å². The standard InChI is InChI=1S/C13H38O6Si6/c1-12-14-20-15-25(11,13-2)19-24(9,10)18-23(7,8)17-22(5,6)16-21(3)4/h13,21H,2,12,20H2,1,3-11H3. The van der Waals surface area contributed by atoms with Crippen molar-refractivity contribution in [1.82, 2.24) is 0 Å². The highest BCUT2D eigenvalue weighted by atomic mass is 28.5. The molecule has 0 N–H and O–H groups in total. The zero-order valence-corrected chi connectivity index (χ0v) is 24.3. The summed E-state index contributed by atoms with van der Waals surface area (Å²) >= 11 is 0. The second-order valence-corrected chi connectivity index (χ2v) is 25.8. The van der Waals surface area contributed by atoms with Crippen LogP contribution in [0.2, 0.25) is 58.9 Å². The highest BCUT2D eigenvalue weighted by Crippen LogP contribution is 2.25. The van der Waals surface area contributed by atoms with E-state index >= 15 is 0 Å². The largest absolute Gasteiger partial charge is 0.440 e. The third-order valence-electron chi connectivity index (χ3n) is 2.95. The summed E-state index contributed by atoms with van der Waals surface area (Å²) in [6, 6.07) is 0. The summed E-state index contributed by atoms with van der Waals surface area (Å²) in [5.74, 6) is 0. The van der Waals surface area contributed by atoms with Crippen molar-refractivity contribution in [3.8, 4) is 0 Å². The molecule has 0 aliphatic heterocycles. The first-order chi connectivity index (χ1) is 11.2. The van der Waals surface area contributed by atoms with Gasteiger partial charge in [-0.3, -0.25) is 0 Å². The van der Waals surface area contributed by atoms with Crippen LogP contribution in [0.25, 0.3) is 0 Å². The van der Waals surface area contributed by atoms with Crippen LogP contribution in [0, 0.1) is 0 Å². The van der Waals surface area contributed by atoms with Crippen molar-refractivity contribution in [3.63, 3.8) is 0 Å². The van der Waals surface area contributed by atoms with Crippen LogP contribution >= 0.6 is 0 Å². The normalized spacial score (nSPS) is 16.6. The van der Waals surface area contributed by atoms with Gasteiger partial charge >= 0.3 is 34.2 Å². The Balaban J connectivity index is 4.92. The molecule has 0 saturated carbocycles. The Hall–Kier alpha value is 0.801. The van der Waals surface area contributed by atoms with E-state index in [0.29, 0.717) is 6.61 Å². The predicted octanol–water partition coefficient (Wildman–Crippen LogP) is 2.99. The van der Waals surface area contributed by atoms with E-state index in [0.717, 1.165) is 0 Å². The van der Waals surface area contributed by atoms with Crippen LogP contribution in [-0.2, 0) is 25.0 Å². The molecule has 0 bridgehead atoms. The fourth-order valence-corrected chi connectivity index (χ4v) is 25.3. The molecule has 0 amide bonds. The molecular formula is C13H38O6Si6. The molecule has 0 aromatic rings. The Bertz CT molecular complexity index is 420. The van der Waals surface area contributed by atoms with Crippen LogP contribution < -0.4 is 0 Å². The van der Waals surface area contributed by atoms with E-state index in [1.807, 2.05) is 26.6 Å². The van der Waals surface area contributed by atoms with Crippen molar-refractivity contribution in [2.75, 3.05) is 6.61 Å². The van der Waals surface area contributed by atoms with Gasteiger partial charge in [-0.15, -0.1) is 6.58 Å². The van der Waals surface area contributed by atoms with Gasteiger partial charge in [0.2, 0.25) is 0 Å². The van der Waals surface area contributed by atoms with Crippen molar-refractivity contribution < 1.29 is 25.0 Å². The van der Waals surface area contributed by atoms with E-state index in [1.165, 1.54) is 0 Å². The Morgan fingerprint density at radius 1 is 0.880 bits per heavy atom. The highest BCUT2D eigenvalue weighted by Gasteiger charge is 2.45. The van der Waals surface area contributed by atoms with Gasteiger partial charge < -0.3 is 25.0 Å². The van der Waals surface area contributed by atoms with Crippen LogP contribution in [0.5, 0.6) is 0 Å². The predicted molar refractivity (Wildman–Crippen MR) is 119 cm³/mol. The average Bonchev–Trinajstić information content (AvgIpc) is 2.33. The van der Waals surface area contributed by atoms with E-state index in [2.05, 4.69) is 45.9 Å². The molecule has 6 nitrogen and oxygen atoms in total. The van der Waals surface area contributed by atoms with E-state index in [4.69, 9.17) is 25.0 Å². The summed E-state index contributed by atoms with van der Waals surface area (Å²) < 4.78 is 36.7. The zero-order valence-electron chi connectivity index (χ0n) is 17.7. The molecule has 0 radical (unpaired) electrons. The van der Waals surface area contributed by atoms with Crippen molar-refractivity contribution in [3.05, 3.63) is 12.3 Å². The molecule has 0 aromatic heterocycles. The third kappa shape index (κ3) is 12.0.